The summed E-state index contributed by atoms with van der Waals surface area (Å²) in [7, 11) is 0. The van der Waals surface area contributed by atoms with E-state index in [1.165, 1.54) is 0 Å². The first kappa shape index (κ1) is 17.5. The van der Waals surface area contributed by atoms with Crippen molar-refractivity contribution in [2.75, 3.05) is 5.75 Å². The Bertz CT molecular complexity index is 925. The zero-order valence-electron chi connectivity index (χ0n) is 14.6. The number of nitrogens with zero attached hydrogens (tertiary/aromatic N) is 2. The normalized spacial score (nSPS) is 34.5. The first-order chi connectivity index (χ1) is 13.0. The highest BCUT2D eigenvalue weighted by molar-refractivity contribution is 9.10. The molecule has 1 fully saturated rings. The summed E-state index contributed by atoms with van der Waals surface area (Å²) >= 11 is 5.17. The second-order valence-electron chi connectivity index (χ2n) is 7.58. The minimum atomic E-state index is -0.924. The van der Waals surface area contributed by atoms with Crippen LogP contribution < -0.4 is 10.5 Å². The number of rotatable bonds is 1. The summed E-state index contributed by atoms with van der Waals surface area (Å²) in [5.41, 5.74) is 6.65. The summed E-state index contributed by atoms with van der Waals surface area (Å²) in [5, 5.41) is 12.1. The van der Waals surface area contributed by atoms with Crippen LogP contribution in [0.4, 0.5) is 0 Å². The van der Waals surface area contributed by atoms with E-state index in [9.17, 15) is 5.11 Å². The van der Waals surface area contributed by atoms with Gasteiger partial charge in [-0.25, -0.2) is 4.99 Å². The Morgan fingerprint density at radius 2 is 2.22 bits per heavy atom. The molecule has 7 heteroatoms. The largest absolute Gasteiger partial charge is 0.490 e. The molecule has 5 rings (SSSR count). The van der Waals surface area contributed by atoms with Gasteiger partial charge in [-0.1, -0.05) is 33.8 Å². The van der Waals surface area contributed by atoms with Gasteiger partial charge in [0.25, 0.3) is 0 Å². The van der Waals surface area contributed by atoms with Crippen molar-refractivity contribution < 1.29 is 9.84 Å². The van der Waals surface area contributed by atoms with Crippen molar-refractivity contribution in [3.8, 4) is 5.75 Å². The van der Waals surface area contributed by atoms with Crippen LogP contribution in [0.5, 0.6) is 5.75 Å². The molecule has 27 heavy (non-hydrogen) atoms. The van der Waals surface area contributed by atoms with E-state index in [0.29, 0.717) is 18.0 Å². The van der Waals surface area contributed by atoms with E-state index >= 15 is 0 Å². The van der Waals surface area contributed by atoms with Crippen LogP contribution in [0.2, 0.25) is 0 Å². The third-order valence-corrected chi connectivity index (χ3v) is 7.56. The van der Waals surface area contributed by atoms with Crippen molar-refractivity contribution in [3.05, 3.63) is 58.3 Å². The molecule has 0 radical (unpaired) electrons. The predicted molar refractivity (Wildman–Crippen MR) is 110 cm³/mol. The molecule has 0 amide bonds. The van der Waals surface area contributed by atoms with Crippen LogP contribution in [0, 0.1) is 5.92 Å². The van der Waals surface area contributed by atoms with Gasteiger partial charge in [0.2, 0.25) is 0 Å². The van der Waals surface area contributed by atoms with Gasteiger partial charge in [0, 0.05) is 39.7 Å². The molecule has 0 bridgehead atoms. The number of aromatic nitrogens is 1. The van der Waals surface area contributed by atoms with Crippen LogP contribution in [0.15, 0.2) is 52.2 Å². The van der Waals surface area contributed by atoms with Crippen LogP contribution >= 0.6 is 27.7 Å². The van der Waals surface area contributed by atoms with E-state index in [0.717, 1.165) is 33.5 Å². The van der Waals surface area contributed by atoms with Crippen molar-refractivity contribution in [2.24, 2.45) is 16.6 Å². The Balaban J connectivity index is 1.62. The average Bonchev–Trinajstić information content (AvgIpc) is 3.07. The van der Waals surface area contributed by atoms with E-state index in [1.54, 1.807) is 24.2 Å². The Morgan fingerprint density at radius 1 is 1.33 bits per heavy atom. The summed E-state index contributed by atoms with van der Waals surface area (Å²) in [6.45, 7) is 0. The molecule has 0 saturated heterocycles. The zero-order valence-corrected chi connectivity index (χ0v) is 17.0. The summed E-state index contributed by atoms with van der Waals surface area (Å²) in [4.78, 5) is 9.14. The maximum atomic E-state index is 11.5. The fraction of sp³-hybridized carbons (Fsp3) is 0.400. The molecule has 2 aliphatic heterocycles. The Hall–Kier alpha value is -1.57. The molecule has 1 aliphatic carbocycles. The lowest BCUT2D eigenvalue weighted by Gasteiger charge is -2.51. The van der Waals surface area contributed by atoms with Gasteiger partial charge in [0.05, 0.1) is 5.60 Å². The van der Waals surface area contributed by atoms with E-state index < -0.39 is 11.1 Å². The number of fused-ring (bicyclic) bond motifs is 4. The number of amidine groups is 1. The van der Waals surface area contributed by atoms with Crippen LogP contribution in [-0.4, -0.2) is 27.1 Å². The second kappa shape index (κ2) is 6.22. The monoisotopic (exact) mass is 445 g/mol. The van der Waals surface area contributed by atoms with E-state index in [-0.39, 0.29) is 12.0 Å². The molecular formula is C20H20BrN3O2S. The smallest absolute Gasteiger partial charge is 0.154 e. The first-order valence-electron chi connectivity index (χ1n) is 9.08. The molecule has 1 aromatic heterocycles. The molecule has 1 aromatic carbocycles. The number of hydrogen-bond acceptors (Lipinski definition) is 6. The van der Waals surface area contributed by atoms with Gasteiger partial charge in [-0.15, -0.1) is 0 Å². The van der Waals surface area contributed by atoms with Crippen molar-refractivity contribution in [1.29, 1.82) is 0 Å². The molecular weight excluding hydrogens is 426 g/mol. The van der Waals surface area contributed by atoms with Gasteiger partial charge < -0.3 is 15.6 Å². The molecule has 2 aromatic rings. The van der Waals surface area contributed by atoms with Crippen LogP contribution in [-0.2, 0) is 11.1 Å². The lowest BCUT2D eigenvalue weighted by Crippen LogP contribution is -2.54. The third-order valence-electron chi connectivity index (χ3n) is 6.10. The van der Waals surface area contributed by atoms with Gasteiger partial charge in [0.1, 0.15) is 17.4 Å². The van der Waals surface area contributed by atoms with Gasteiger partial charge in [-0.2, -0.15) is 0 Å². The van der Waals surface area contributed by atoms with E-state index in [2.05, 4.69) is 27.0 Å². The number of aliphatic imine (C=N–C) groups is 1. The van der Waals surface area contributed by atoms with Crippen LogP contribution in [0.25, 0.3) is 0 Å². The molecule has 4 unspecified atom stereocenters. The molecule has 3 heterocycles. The minimum Gasteiger partial charge on any atom is -0.490 e. The molecule has 4 atom stereocenters. The Morgan fingerprint density at radius 3 is 2.96 bits per heavy atom. The molecule has 3 aliphatic rings. The molecule has 3 N–H and O–H groups in total. The zero-order chi connectivity index (χ0) is 18.6. The summed E-state index contributed by atoms with van der Waals surface area (Å²) in [6, 6.07) is 9.92. The van der Waals surface area contributed by atoms with Gasteiger partial charge in [-0.05, 0) is 43.5 Å². The number of hydrogen-bond donors (Lipinski definition) is 2. The minimum absolute atomic E-state index is 0.0193. The molecule has 5 nitrogen and oxygen atoms in total. The number of nitrogens with two attached hydrogens (primary N) is 1. The fourth-order valence-electron chi connectivity index (χ4n) is 4.78. The summed E-state index contributed by atoms with van der Waals surface area (Å²) in [6.07, 6.45) is 5.51. The maximum absolute atomic E-state index is 11.5. The number of pyridine rings is 1. The topological polar surface area (TPSA) is 80.7 Å². The van der Waals surface area contributed by atoms with Crippen molar-refractivity contribution in [2.45, 2.75) is 36.5 Å². The van der Waals surface area contributed by atoms with Crippen LogP contribution in [0.1, 0.15) is 30.4 Å². The lowest BCUT2D eigenvalue weighted by molar-refractivity contribution is -0.0875. The van der Waals surface area contributed by atoms with E-state index in [4.69, 9.17) is 15.5 Å². The summed E-state index contributed by atoms with van der Waals surface area (Å²) in [5.74, 6) is 1.70. The Kier molecular flexibility index (Phi) is 4.04. The molecule has 1 saturated carbocycles. The Labute approximate surface area is 170 Å². The number of aliphatic hydroxyl groups is 1. The van der Waals surface area contributed by atoms with Gasteiger partial charge in [-0.3, -0.25) is 4.98 Å². The highest BCUT2D eigenvalue weighted by Crippen LogP contribution is 2.57. The highest BCUT2D eigenvalue weighted by Gasteiger charge is 2.57. The number of benzene rings is 1. The SMILES string of the molecule is NC1=NC2(CS1)c1cc(Br)ccc1OC1CCC(O)(c3cccnc3)CC12. The van der Waals surface area contributed by atoms with Gasteiger partial charge in [0.15, 0.2) is 5.17 Å². The third kappa shape index (κ3) is 2.70. The number of thioether (sulfide) groups is 1. The predicted octanol–water partition coefficient (Wildman–Crippen LogP) is 3.55. The molecule has 140 valence electrons. The van der Waals surface area contributed by atoms with Crippen molar-refractivity contribution in [1.82, 2.24) is 4.98 Å². The fourth-order valence-corrected chi connectivity index (χ4v) is 6.17. The average molecular weight is 446 g/mol. The van der Waals surface area contributed by atoms with Crippen LogP contribution in [0.3, 0.4) is 0 Å². The summed E-state index contributed by atoms with van der Waals surface area (Å²) < 4.78 is 7.37. The lowest BCUT2D eigenvalue weighted by atomic mass is 9.63. The highest BCUT2D eigenvalue weighted by atomic mass is 79.9. The standard InChI is InChI=1S/C20H20BrN3O2S/c21-13-3-4-16-14(8-13)20(11-27-18(22)24-20)15-9-19(25,6-5-17(15)26-16)12-2-1-7-23-10-12/h1-4,7-8,10,15,17,25H,5-6,9,11H2,(H2,22,24). The van der Waals surface area contributed by atoms with Gasteiger partial charge >= 0.3 is 0 Å². The maximum Gasteiger partial charge on any atom is 0.154 e. The van der Waals surface area contributed by atoms with Crippen molar-refractivity contribution >= 4 is 32.9 Å². The molecule has 1 spiro atoms. The van der Waals surface area contributed by atoms with E-state index in [1.807, 2.05) is 24.3 Å². The number of ether oxygens (including phenoxy) is 1. The quantitative estimate of drug-likeness (QED) is 0.701. The first-order valence-corrected chi connectivity index (χ1v) is 10.9. The second-order valence-corrected chi connectivity index (χ2v) is 9.49. The van der Waals surface area contributed by atoms with Crippen molar-refractivity contribution in [3.63, 3.8) is 0 Å². The number of halogens is 1.